The number of amides is 1. The van der Waals surface area contributed by atoms with E-state index in [-0.39, 0.29) is 5.91 Å². The van der Waals surface area contributed by atoms with E-state index in [0.717, 1.165) is 8.26 Å². The van der Waals surface area contributed by atoms with Crippen LogP contribution in [-0.2, 0) is 0 Å². The molecule has 0 spiro atoms. The van der Waals surface area contributed by atoms with E-state index in [0.29, 0.717) is 22.0 Å². The number of nitrogen functional groups attached to an aromatic ring is 1. The van der Waals surface area contributed by atoms with Crippen molar-refractivity contribution in [2.75, 3.05) is 18.2 Å². The van der Waals surface area contributed by atoms with Crippen LogP contribution in [-0.4, -0.2) is 13.0 Å². The van der Waals surface area contributed by atoms with E-state index < -0.39 is 0 Å². The number of ether oxygens (including phenoxy) is 1. The molecule has 1 heterocycles. The first kappa shape index (κ1) is 14.4. The molecule has 0 fully saturated rings. The van der Waals surface area contributed by atoms with Crippen LogP contribution in [0.3, 0.4) is 0 Å². The fourth-order valence-electron chi connectivity index (χ4n) is 1.46. The second kappa shape index (κ2) is 5.94. The SMILES string of the molecule is COc1ccc(NC(=O)c2cc(Br)c(Br)s2)cc1N. The zero-order chi connectivity index (χ0) is 14.0. The summed E-state index contributed by atoms with van der Waals surface area (Å²) in [6.45, 7) is 0. The number of nitrogens with two attached hydrogens (primary N) is 1. The van der Waals surface area contributed by atoms with Crippen LogP contribution in [0.4, 0.5) is 11.4 Å². The van der Waals surface area contributed by atoms with Gasteiger partial charge in [0.05, 0.1) is 21.5 Å². The highest BCUT2D eigenvalue weighted by molar-refractivity contribution is 9.13. The van der Waals surface area contributed by atoms with Gasteiger partial charge in [0.1, 0.15) is 5.75 Å². The van der Waals surface area contributed by atoms with Crippen molar-refractivity contribution >= 4 is 60.5 Å². The van der Waals surface area contributed by atoms with Crippen molar-refractivity contribution in [3.63, 3.8) is 0 Å². The van der Waals surface area contributed by atoms with Crippen molar-refractivity contribution in [3.8, 4) is 5.75 Å². The Morgan fingerprint density at radius 1 is 1.37 bits per heavy atom. The van der Waals surface area contributed by atoms with Crippen molar-refractivity contribution < 1.29 is 9.53 Å². The first-order valence-corrected chi connectivity index (χ1v) is 7.61. The molecule has 0 aliphatic rings. The van der Waals surface area contributed by atoms with Crippen LogP contribution < -0.4 is 15.8 Å². The smallest absolute Gasteiger partial charge is 0.265 e. The summed E-state index contributed by atoms with van der Waals surface area (Å²) in [5, 5.41) is 2.79. The van der Waals surface area contributed by atoms with E-state index in [4.69, 9.17) is 10.5 Å². The molecule has 1 aromatic heterocycles. The second-order valence-corrected chi connectivity index (χ2v) is 6.87. The van der Waals surface area contributed by atoms with Gasteiger partial charge in [-0.1, -0.05) is 0 Å². The maximum absolute atomic E-state index is 12.0. The molecule has 0 unspecified atom stereocenters. The normalized spacial score (nSPS) is 10.3. The maximum atomic E-state index is 12.0. The predicted molar refractivity (Wildman–Crippen MR) is 85.1 cm³/mol. The van der Waals surface area contributed by atoms with Gasteiger partial charge in [-0.25, -0.2) is 0 Å². The van der Waals surface area contributed by atoms with Crippen LogP contribution in [0.5, 0.6) is 5.75 Å². The third kappa shape index (κ3) is 3.29. The Bertz CT molecular complexity index is 609. The minimum Gasteiger partial charge on any atom is -0.495 e. The van der Waals surface area contributed by atoms with Gasteiger partial charge in [0, 0.05) is 10.2 Å². The predicted octanol–water partition coefficient (Wildman–Crippen LogP) is 4.12. The van der Waals surface area contributed by atoms with Gasteiger partial charge in [-0.3, -0.25) is 4.79 Å². The van der Waals surface area contributed by atoms with Crippen molar-refractivity contribution in [1.82, 2.24) is 0 Å². The average molecular weight is 406 g/mol. The Morgan fingerprint density at radius 3 is 2.63 bits per heavy atom. The summed E-state index contributed by atoms with van der Waals surface area (Å²) in [4.78, 5) is 12.6. The summed E-state index contributed by atoms with van der Waals surface area (Å²) in [5.74, 6) is 0.403. The molecule has 0 radical (unpaired) electrons. The Kier molecular flexibility index (Phi) is 4.49. The Balaban J connectivity index is 2.17. The third-order valence-corrected chi connectivity index (χ3v) is 5.61. The van der Waals surface area contributed by atoms with Crippen molar-refractivity contribution in [3.05, 3.63) is 37.4 Å². The average Bonchev–Trinajstić information content (AvgIpc) is 2.70. The lowest BCUT2D eigenvalue weighted by molar-refractivity contribution is 0.103. The molecule has 19 heavy (non-hydrogen) atoms. The molecule has 3 N–H and O–H groups in total. The first-order chi connectivity index (χ1) is 9.01. The van der Waals surface area contributed by atoms with Crippen molar-refractivity contribution in [2.45, 2.75) is 0 Å². The van der Waals surface area contributed by atoms with Crippen LogP contribution in [0.25, 0.3) is 0 Å². The quantitative estimate of drug-likeness (QED) is 0.755. The van der Waals surface area contributed by atoms with Crippen LogP contribution in [0.2, 0.25) is 0 Å². The number of nitrogens with one attached hydrogen (secondary N) is 1. The van der Waals surface area contributed by atoms with E-state index in [1.807, 2.05) is 0 Å². The largest absolute Gasteiger partial charge is 0.495 e. The van der Waals surface area contributed by atoms with Crippen LogP contribution in [0.15, 0.2) is 32.5 Å². The molecule has 4 nitrogen and oxygen atoms in total. The van der Waals surface area contributed by atoms with E-state index in [9.17, 15) is 4.79 Å². The van der Waals surface area contributed by atoms with Crippen LogP contribution in [0, 0.1) is 0 Å². The van der Waals surface area contributed by atoms with Gasteiger partial charge in [-0.05, 0) is 56.1 Å². The fraction of sp³-hybridized carbons (Fsp3) is 0.0833. The van der Waals surface area contributed by atoms with E-state index in [2.05, 4.69) is 37.2 Å². The van der Waals surface area contributed by atoms with Crippen molar-refractivity contribution in [2.24, 2.45) is 0 Å². The van der Waals surface area contributed by atoms with Gasteiger partial charge >= 0.3 is 0 Å². The number of hydrogen-bond donors (Lipinski definition) is 2. The lowest BCUT2D eigenvalue weighted by atomic mass is 10.2. The topological polar surface area (TPSA) is 64.3 Å². The van der Waals surface area contributed by atoms with Gasteiger partial charge in [-0.2, -0.15) is 0 Å². The molecule has 0 atom stereocenters. The standard InChI is InChI=1S/C12H10Br2N2O2S/c1-18-9-3-2-6(4-8(9)15)16-12(17)10-5-7(13)11(14)19-10/h2-5H,15H2,1H3,(H,16,17). The molecular weight excluding hydrogens is 396 g/mol. The monoisotopic (exact) mass is 404 g/mol. The zero-order valence-electron chi connectivity index (χ0n) is 9.87. The molecule has 2 aromatic rings. The molecule has 0 aliphatic carbocycles. The second-order valence-electron chi connectivity index (χ2n) is 3.64. The maximum Gasteiger partial charge on any atom is 0.265 e. The highest BCUT2D eigenvalue weighted by atomic mass is 79.9. The van der Waals surface area contributed by atoms with E-state index in [1.165, 1.54) is 11.3 Å². The highest BCUT2D eigenvalue weighted by Gasteiger charge is 2.12. The summed E-state index contributed by atoms with van der Waals surface area (Å²) in [6, 6.07) is 6.88. The molecule has 0 bridgehead atoms. The number of benzene rings is 1. The third-order valence-electron chi connectivity index (χ3n) is 2.36. The molecule has 2 rings (SSSR count). The molecular formula is C12H10Br2N2O2S. The number of carbonyl (C=O) groups excluding carboxylic acids is 1. The van der Waals surface area contributed by atoms with E-state index >= 15 is 0 Å². The lowest BCUT2D eigenvalue weighted by Gasteiger charge is -2.07. The molecule has 1 aromatic carbocycles. The molecule has 0 saturated heterocycles. The number of rotatable bonds is 3. The Labute approximate surface area is 131 Å². The summed E-state index contributed by atoms with van der Waals surface area (Å²) in [6.07, 6.45) is 0. The van der Waals surface area contributed by atoms with Gasteiger partial charge in [0.2, 0.25) is 0 Å². The highest BCUT2D eigenvalue weighted by Crippen LogP contribution is 2.33. The van der Waals surface area contributed by atoms with Crippen molar-refractivity contribution in [1.29, 1.82) is 0 Å². The molecule has 100 valence electrons. The molecule has 0 aliphatic heterocycles. The Hall–Kier alpha value is -1.05. The number of halogens is 2. The fourth-order valence-corrected chi connectivity index (χ4v) is 3.39. The minimum atomic E-state index is -0.180. The Morgan fingerprint density at radius 2 is 2.11 bits per heavy atom. The van der Waals surface area contributed by atoms with Gasteiger partial charge in [-0.15, -0.1) is 11.3 Å². The van der Waals surface area contributed by atoms with Crippen LogP contribution in [0.1, 0.15) is 9.67 Å². The van der Waals surface area contributed by atoms with Gasteiger partial charge < -0.3 is 15.8 Å². The number of methoxy groups -OCH3 is 1. The van der Waals surface area contributed by atoms with Gasteiger partial charge in [0.15, 0.2) is 0 Å². The zero-order valence-corrected chi connectivity index (χ0v) is 13.9. The summed E-state index contributed by atoms with van der Waals surface area (Å²) in [7, 11) is 1.55. The summed E-state index contributed by atoms with van der Waals surface area (Å²) >= 11 is 8.06. The minimum absolute atomic E-state index is 0.180. The summed E-state index contributed by atoms with van der Waals surface area (Å²) < 4.78 is 6.80. The van der Waals surface area contributed by atoms with E-state index in [1.54, 1.807) is 31.4 Å². The number of carbonyl (C=O) groups is 1. The van der Waals surface area contributed by atoms with Crippen LogP contribution >= 0.6 is 43.2 Å². The molecule has 0 saturated carbocycles. The summed E-state index contributed by atoms with van der Waals surface area (Å²) in [5.41, 5.74) is 6.89. The number of anilines is 2. The molecule has 7 heteroatoms. The lowest BCUT2D eigenvalue weighted by Crippen LogP contribution is -2.10. The number of thiophene rings is 1. The van der Waals surface area contributed by atoms with Gasteiger partial charge in [0.25, 0.3) is 5.91 Å². The first-order valence-electron chi connectivity index (χ1n) is 5.21. The molecule has 1 amide bonds. The number of hydrogen-bond acceptors (Lipinski definition) is 4.